The van der Waals surface area contributed by atoms with Gasteiger partial charge in [-0.3, -0.25) is 9.59 Å². The molecule has 1 aromatic heterocycles. The van der Waals surface area contributed by atoms with Gasteiger partial charge in [-0.05, 0) is 66.9 Å². The molecule has 0 radical (unpaired) electrons. The van der Waals surface area contributed by atoms with Gasteiger partial charge in [0.05, 0.1) is 12.2 Å². The first-order valence-electron chi connectivity index (χ1n) is 10.2. The molecule has 2 aromatic carbocycles. The van der Waals surface area contributed by atoms with Gasteiger partial charge < -0.3 is 19.4 Å². The summed E-state index contributed by atoms with van der Waals surface area (Å²) in [7, 11) is 0. The number of hydrogen-bond donors (Lipinski definition) is 1. The normalized spacial score (nSPS) is 16.0. The number of nitrogens with one attached hydrogen (secondary N) is 1. The Hall–Kier alpha value is -3.61. The second-order valence-electron chi connectivity index (χ2n) is 7.49. The molecule has 0 saturated carbocycles. The van der Waals surface area contributed by atoms with Gasteiger partial charge in [0.15, 0.2) is 5.76 Å². The Balaban J connectivity index is 1.28. The fourth-order valence-corrected chi connectivity index (χ4v) is 3.58. The Morgan fingerprint density at radius 3 is 2.45 bits per heavy atom. The van der Waals surface area contributed by atoms with E-state index in [1.165, 1.54) is 18.4 Å². The van der Waals surface area contributed by atoms with E-state index in [0.29, 0.717) is 36.9 Å². The highest BCUT2D eigenvalue weighted by Crippen LogP contribution is 2.22. The highest BCUT2D eigenvalue weighted by Gasteiger charge is 2.29. The zero-order chi connectivity index (χ0) is 21.6. The number of halogens is 1. The zero-order valence-corrected chi connectivity index (χ0v) is 16.9. The number of nitrogens with zero attached hydrogens (tertiary/aromatic N) is 1. The number of furan rings is 1. The molecule has 1 saturated heterocycles. The first-order chi connectivity index (χ1) is 15.1. The predicted molar refractivity (Wildman–Crippen MR) is 112 cm³/mol. The molecule has 31 heavy (non-hydrogen) atoms. The van der Waals surface area contributed by atoms with E-state index in [0.717, 1.165) is 18.4 Å². The number of likely N-dealkylation sites (tertiary alicyclic amines) is 1. The van der Waals surface area contributed by atoms with E-state index in [-0.39, 0.29) is 23.5 Å². The summed E-state index contributed by atoms with van der Waals surface area (Å²) in [6.07, 6.45) is 3.00. The summed E-state index contributed by atoms with van der Waals surface area (Å²) < 4.78 is 23.8. The van der Waals surface area contributed by atoms with E-state index >= 15 is 0 Å². The van der Waals surface area contributed by atoms with Gasteiger partial charge >= 0.3 is 0 Å². The van der Waals surface area contributed by atoms with Crippen molar-refractivity contribution in [3.63, 3.8) is 0 Å². The Kier molecular flexibility index (Phi) is 6.31. The standard InChI is InChI=1S/C24H23FN2O4/c25-19-7-11-21(12-8-19)31-20-9-5-17(6-10-20)15-26-23(28)18-3-1-13-27(16-18)24(29)22-4-2-14-30-22/h2,4-12,14,18H,1,3,13,15-16H2,(H,26,28). The van der Waals surface area contributed by atoms with Crippen LogP contribution in [0.25, 0.3) is 0 Å². The first kappa shape index (κ1) is 20.7. The molecule has 1 aliphatic rings. The fourth-order valence-electron chi connectivity index (χ4n) is 3.58. The Morgan fingerprint density at radius 2 is 1.77 bits per heavy atom. The summed E-state index contributed by atoms with van der Waals surface area (Å²) in [6, 6.07) is 16.5. The van der Waals surface area contributed by atoms with Crippen LogP contribution in [0.5, 0.6) is 11.5 Å². The van der Waals surface area contributed by atoms with Crippen LogP contribution in [0.3, 0.4) is 0 Å². The topological polar surface area (TPSA) is 71.8 Å². The van der Waals surface area contributed by atoms with Crippen LogP contribution in [0.2, 0.25) is 0 Å². The van der Waals surface area contributed by atoms with Gasteiger partial charge in [-0.1, -0.05) is 12.1 Å². The SMILES string of the molecule is O=C(NCc1ccc(Oc2ccc(F)cc2)cc1)C1CCCN(C(=O)c2ccco2)C1. The van der Waals surface area contributed by atoms with E-state index in [1.54, 1.807) is 41.3 Å². The van der Waals surface area contributed by atoms with Gasteiger partial charge in [0.25, 0.3) is 5.91 Å². The lowest BCUT2D eigenvalue weighted by Crippen LogP contribution is -2.45. The molecule has 0 aliphatic carbocycles. The van der Waals surface area contributed by atoms with Crippen LogP contribution < -0.4 is 10.1 Å². The molecule has 2 amide bonds. The third-order valence-electron chi connectivity index (χ3n) is 5.25. The number of amides is 2. The molecule has 0 spiro atoms. The maximum atomic E-state index is 13.0. The maximum Gasteiger partial charge on any atom is 0.289 e. The van der Waals surface area contributed by atoms with E-state index in [2.05, 4.69) is 5.32 Å². The molecular weight excluding hydrogens is 399 g/mol. The van der Waals surface area contributed by atoms with E-state index in [9.17, 15) is 14.0 Å². The summed E-state index contributed by atoms with van der Waals surface area (Å²) in [5.74, 6) is 0.667. The second kappa shape index (κ2) is 9.47. The lowest BCUT2D eigenvalue weighted by atomic mass is 9.96. The van der Waals surface area contributed by atoms with Crippen molar-refractivity contribution in [1.29, 1.82) is 0 Å². The third-order valence-corrected chi connectivity index (χ3v) is 5.25. The van der Waals surface area contributed by atoms with Crippen LogP contribution in [0, 0.1) is 11.7 Å². The van der Waals surface area contributed by atoms with E-state index in [4.69, 9.17) is 9.15 Å². The Morgan fingerprint density at radius 1 is 1.06 bits per heavy atom. The number of rotatable bonds is 6. The molecule has 1 fully saturated rings. The van der Waals surface area contributed by atoms with Crippen LogP contribution in [-0.2, 0) is 11.3 Å². The second-order valence-corrected chi connectivity index (χ2v) is 7.49. The number of carbonyl (C=O) groups excluding carboxylic acids is 2. The van der Waals surface area contributed by atoms with Gasteiger partial charge in [0.1, 0.15) is 17.3 Å². The van der Waals surface area contributed by atoms with Gasteiger partial charge in [0.2, 0.25) is 5.91 Å². The molecule has 1 N–H and O–H groups in total. The van der Waals surface area contributed by atoms with E-state index in [1.807, 2.05) is 12.1 Å². The number of ether oxygens (including phenoxy) is 1. The van der Waals surface area contributed by atoms with Crippen LogP contribution in [0.4, 0.5) is 4.39 Å². The molecule has 160 valence electrons. The average molecular weight is 422 g/mol. The molecule has 4 rings (SSSR count). The van der Waals surface area contributed by atoms with Crippen LogP contribution in [0.15, 0.2) is 71.3 Å². The summed E-state index contributed by atoms with van der Waals surface area (Å²) >= 11 is 0. The van der Waals surface area contributed by atoms with Gasteiger partial charge in [-0.2, -0.15) is 0 Å². The minimum absolute atomic E-state index is 0.0661. The third kappa shape index (κ3) is 5.31. The van der Waals surface area contributed by atoms with Crippen molar-refractivity contribution >= 4 is 11.8 Å². The largest absolute Gasteiger partial charge is 0.459 e. The highest BCUT2D eigenvalue weighted by molar-refractivity contribution is 5.92. The Bertz CT molecular complexity index is 1020. The van der Waals surface area contributed by atoms with Crippen LogP contribution >= 0.6 is 0 Å². The molecule has 1 aliphatic heterocycles. The van der Waals surface area contributed by atoms with Crippen LogP contribution in [-0.4, -0.2) is 29.8 Å². The Labute approximate surface area is 179 Å². The van der Waals surface area contributed by atoms with Crippen molar-refractivity contribution in [3.05, 3.63) is 84.1 Å². The van der Waals surface area contributed by atoms with E-state index < -0.39 is 0 Å². The number of carbonyl (C=O) groups is 2. The van der Waals surface area contributed by atoms with Gasteiger partial charge in [-0.25, -0.2) is 4.39 Å². The lowest BCUT2D eigenvalue weighted by Gasteiger charge is -2.31. The zero-order valence-electron chi connectivity index (χ0n) is 16.9. The van der Waals surface area contributed by atoms with Crippen molar-refractivity contribution in [2.24, 2.45) is 5.92 Å². The van der Waals surface area contributed by atoms with Crippen molar-refractivity contribution in [3.8, 4) is 11.5 Å². The molecular formula is C24H23FN2O4. The summed E-state index contributed by atoms with van der Waals surface area (Å²) in [4.78, 5) is 26.8. The van der Waals surface area contributed by atoms with Crippen molar-refractivity contribution in [2.45, 2.75) is 19.4 Å². The van der Waals surface area contributed by atoms with Gasteiger partial charge in [0, 0.05) is 19.6 Å². The van der Waals surface area contributed by atoms with Crippen molar-refractivity contribution in [1.82, 2.24) is 10.2 Å². The number of benzene rings is 2. The van der Waals surface area contributed by atoms with Gasteiger partial charge in [-0.15, -0.1) is 0 Å². The minimum Gasteiger partial charge on any atom is -0.459 e. The van der Waals surface area contributed by atoms with Crippen molar-refractivity contribution < 1.29 is 23.1 Å². The lowest BCUT2D eigenvalue weighted by molar-refractivity contribution is -0.126. The van der Waals surface area contributed by atoms with Crippen LogP contribution in [0.1, 0.15) is 29.0 Å². The molecule has 0 bridgehead atoms. The fraction of sp³-hybridized carbons (Fsp3) is 0.250. The molecule has 1 unspecified atom stereocenters. The predicted octanol–water partition coefficient (Wildman–Crippen LogP) is 4.38. The minimum atomic E-state index is -0.315. The maximum absolute atomic E-state index is 13.0. The van der Waals surface area contributed by atoms with Crippen molar-refractivity contribution in [2.75, 3.05) is 13.1 Å². The molecule has 6 nitrogen and oxygen atoms in total. The molecule has 3 aromatic rings. The first-order valence-corrected chi connectivity index (χ1v) is 10.2. The number of hydrogen-bond acceptors (Lipinski definition) is 4. The average Bonchev–Trinajstić information content (AvgIpc) is 3.34. The monoisotopic (exact) mass is 422 g/mol. The highest BCUT2D eigenvalue weighted by atomic mass is 19.1. The smallest absolute Gasteiger partial charge is 0.289 e. The molecule has 2 heterocycles. The summed E-state index contributed by atoms with van der Waals surface area (Å²) in [6.45, 7) is 1.40. The summed E-state index contributed by atoms with van der Waals surface area (Å²) in [5.41, 5.74) is 0.930. The molecule has 7 heteroatoms. The summed E-state index contributed by atoms with van der Waals surface area (Å²) in [5, 5.41) is 2.96. The molecule has 1 atom stereocenters. The quantitative estimate of drug-likeness (QED) is 0.640. The number of piperidine rings is 1.